The molecule has 1 aliphatic rings. The Bertz CT molecular complexity index is 988. The molecule has 1 aliphatic carbocycles. The minimum absolute atomic E-state index is 0.00274. The van der Waals surface area contributed by atoms with Crippen LogP contribution in [-0.2, 0) is 17.6 Å². The third kappa shape index (κ3) is 10.5. The maximum Gasteiger partial charge on any atom is 0.338 e. The van der Waals surface area contributed by atoms with Crippen molar-refractivity contribution >= 4 is 11.9 Å². The largest absolute Gasteiger partial charge is 0.491 e. The maximum absolute atomic E-state index is 12.6. The van der Waals surface area contributed by atoms with Gasteiger partial charge in [-0.2, -0.15) is 0 Å². The number of ether oxygens (including phenoxy) is 3. The molecule has 3 rings (SSSR count). The first kappa shape index (κ1) is 32.0. The van der Waals surface area contributed by atoms with Crippen LogP contribution < -0.4 is 9.47 Å². The van der Waals surface area contributed by atoms with Crippen LogP contribution in [0.15, 0.2) is 36.4 Å². The van der Waals surface area contributed by atoms with Crippen molar-refractivity contribution in [3.05, 3.63) is 58.7 Å². The van der Waals surface area contributed by atoms with Crippen molar-refractivity contribution in [3.8, 4) is 11.5 Å². The zero-order chi connectivity index (χ0) is 28.6. The number of benzene rings is 2. The number of hydrogen-bond acceptors (Lipinski definition) is 10. The van der Waals surface area contributed by atoms with Gasteiger partial charge in [0.1, 0.15) is 30.8 Å². The maximum atomic E-state index is 12.6. The molecule has 0 bridgehead atoms. The van der Waals surface area contributed by atoms with Crippen LogP contribution in [0, 0.1) is 0 Å². The van der Waals surface area contributed by atoms with Crippen LogP contribution >= 0.6 is 0 Å². The molecule has 39 heavy (non-hydrogen) atoms. The normalized spacial score (nSPS) is 16.5. The van der Waals surface area contributed by atoms with Crippen LogP contribution in [0.5, 0.6) is 11.5 Å². The third-order valence-corrected chi connectivity index (χ3v) is 6.07. The summed E-state index contributed by atoms with van der Waals surface area (Å²) >= 11 is 0. The summed E-state index contributed by atoms with van der Waals surface area (Å²) < 4.78 is 15.8. The number of carboxylic acid groups (broad SMARTS) is 1. The van der Waals surface area contributed by atoms with Gasteiger partial charge in [-0.15, -0.1) is 0 Å². The second-order valence-electron chi connectivity index (χ2n) is 8.82. The molecule has 11 heteroatoms. The standard InChI is InChI=1S/C18H24O7.C10H14O4/c19-9-7-13-14(8-10-20)16(6-5-15(13)17(22)23)18(24)25-12-3-1-11(21)2-4-12;11-5-7-13-9-1-2-10(4-3-9)14-8-6-12/h5-6,11-12,19-21H,1-4,7-10H2,(H,22,23);1-4,11-12H,5-8H2. The van der Waals surface area contributed by atoms with Crippen LogP contribution in [0.4, 0.5) is 0 Å². The molecule has 0 saturated heterocycles. The molecule has 11 nitrogen and oxygen atoms in total. The third-order valence-electron chi connectivity index (χ3n) is 6.07. The van der Waals surface area contributed by atoms with Crippen LogP contribution in [0.2, 0.25) is 0 Å². The van der Waals surface area contributed by atoms with Gasteiger partial charge in [-0.05, 0) is 86.1 Å². The van der Waals surface area contributed by atoms with Gasteiger partial charge in [0.25, 0.3) is 0 Å². The van der Waals surface area contributed by atoms with E-state index >= 15 is 0 Å². The number of rotatable bonds is 13. The lowest BCUT2D eigenvalue weighted by Gasteiger charge is -2.26. The van der Waals surface area contributed by atoms with Crippen LogP contribution in [0.25, 0.3) is 0 Å². The molecule has 0 heterocycles. The fraction of sp³-hybridized carbons (Fsp3) is 0.500. The Balaban J connectivity index is 0.000000322. The zero-order valence-corrected chi connectivity index (χ0v) is 21.8. The Morgan fingerprint density at radius 2 is 1.15 bits per heavy atom. The minimum atomic E-state index is -1.15. The molecule has 1 saturated carbocycles. The monoisotopic (exact) mass is 550 g/mol. The van der Waals surface area contributed by atoms with Gasteiger partial charge in [0.05, 0.1) is 30.4 Å². The van der Waals surface area contributed by atoms with Crippen LogP contribution in [0.3, 0.4) is 0 Å². The Hall–Kier alpha value is -3.22. The molecule has 2 aromatic rings. The molecule has 216 valence electrons. The molecule has 0 aromatic heterocycles. The van der Waals surface area contributed by atoms with E-state index in [1.165, 1.54) is 12.1 Å². The van der Waals surface area contributed by atoms with Crippen molar-refractivity contribution in [1.29, 1.82) is 0 Å². The van der Waals surface area contributed by atoms with E-state index in [-0.39, 0.29) is 75.8 Å². The number of hydrogen-bond donors (Lipinski definition) is 6. The van der Waals surface area contributed by atoms with Gasteiger partial charge in [0.2, 0.25) is 0 Å². The lowest BCUT2D eigenvalue weighted by Crippen LogP contribution is -2.27. The molecule has 0 aliphatic heterocycles. The molecule has 0 unspecified atom stereocenters. The van der Waals surface area contributed by atoms with Gasteiger partial charge >= 0.3 is 11.9 Å². The van der Waals surface area contributed by atoms with Crippen molar-refractivity contribution in [2.75, 3.05) is 39.6 Å². The first-order chi connectivity index (χ1) is 18.8. The summed E-state index contributed by atoms with van der Waals surface area (Å²) in [6.07, 6.45) is 1.87. The second-order valence-corrected chi connectivity index (χ2v) is 8.82. The van der Waals surface area contributed by atoms with Gasteiger partial charge in [-0.1, -0.05) is 0 Å². The van der Waals surface area contributed by atoms with Crippen molar-refractivity contribution in [2.45, 2.75) is 50.7 Å². The average Bonchev–Trinajstić information content (AvgIpc) is 2.93. The van der Waals surface area contributed by atoms with Crippen LogP contribution in [-0.4, -0.2) is 94.4 Å². The summed E-state index contributed by atoms with van der Waals surface area (Å²) in [7, 11) is 0. The van der Waals surface area contributed by atoms with E-state index < -0.39 is 11.9 Å². The minimum Gasteiger partial charge on any atom is -0.491 e. The van der Waals surface area contributed by atoms with Crippen molar-refractivity contribution in [2.24, 2.45) is 0 Å². The number of aliphatic hydroxyl groups excluding tert-OH is 5. The number of carboxylic acids is 1. The fourth-order valence-electron chi connectivity index (χ4n) is 4.22. The molecule has 0 atom stereocenters. The summed E-state index contributed by atoms with van der Waals surface area (Å²) in [4.78, 5) is 23.9. The molecule has 6 N–H and O–H groups in total. The predicted molar refractivity (Wildman–Crippen MR) is 140 cm³/mol. The quantitative estimate of drug-likeness (QED) is 0.198. The Labute approximate surface area is 227 Å². The summed E-state index contributed by atoms with van der Waals surface area (Å²) in [5.41, 5.74) is 0.971. The van der Waals surface area contributed by atoms with E-state index in [2.05, 4.69) is 0 Å². The van der Waals surface area contributed by atoms with Crippen molar-refractivity contribution in [1.82, 2.24) is 0 Å². The number of carbonyl (C=O) groups excluding carboxylic acids is 1. The molecule has 2 aromatic carbocycles. The van der Waals surface area contributed by atoms with E-state index in [1.807, 2.05) is 0 Å². The topological polar surface area (TPSA) is 183 Å². The average molecular weight is 551 g/mol. The van der Waals surface area contributed by atoms with E-state index in [0.717, 1.165) is 0 Å². The van der Waals surface area contributed by atoms with E-state index in [0.29, 0.717) is 48.3 Å². The molecular weight excluding hydrogens is 512 g/mol. The van der Waals surface area contributed by atoms with Crippen molar-refractivity contribution in [3.63, 3.8) is 0 Å². The highest BCUT2D eigenvalue weighted by Gasteiger charge is 2.26. The molecular formula is C28H38O11. The summed E-state index contributed by atoms with van der Waals surface area (Å²) in [5, 5.41) is 54.4. The van der Waals surface area contributed by atoms with Crippen molar-refractivity contribution < 1.29 is 54.4 Å². The lowest BCUT2D eigenvalue weighted by atomic mass is 9.91. The Kier molecular flexibility index (Phi) is 14.3. The summed E-state index contributed by atoms with van der Waals surface area (Å²) in [6.45, 7) is 0.0638. The first-order valence-electron chi connectivity index (χ1n) is 12.9. The number of aromatic carboxylic acids is 1. The van der Waals surface area contributed by atoms with Gasteiger partial charge in [-0.3, -0.25) is 0 Å². The van der Waals surface area contributed by atoms with Gasteiger partial charge < -0.3 is 44.8 Å². The SMILES string of the molecule is O=C(O)c1ccc(C(=O)OC2CCC(O)CC2)c(CCO)c1CCO.OCCOc1ccc(OCCO)cc1. The van der Waals surface area contributed by atoms with E-state index in [4.69, 9.17) is 24.4 Å². The molecule has 0 radical (unpaired) electrons. The number of aliphatic hydroxyl groups is 5. The summed E-state index contributed by atoms with van der Waals surface area (Å²) in [6, 6.07) is 9.74. The van der Waals surface area contributed by atoms with Gasteiger partial charge in [-0.25, -0.2) is 9.59 Å². The highest BCUT2D eigenvalue weighted by Crippen LogP contribution is 2.26. The number of esters is 1. The van der Waals surface area contributed by atoms with Gasteiger partial charge in [0.15, 0.2) is 0 Å². The molecule has 0 spiro atoms. The Morgan fingerprint density at radius 1 is 0.692 bits per heavy atom. The molecule has 0 amide bonds. The van der Waals surface area contributed by atoms with E-state index in [9.17, 15) is 30.0 Å². The predicted octanol–water partition coefficient (Wildman–Crippen LogP) is 1.34. The van der Waals surface area contributed by atoms with E-state index in [1.54, 1.807) is 24.3 Å². The highest BCUT2D eigenvalue weighted by molar-refractivity contribution is 5.96. The first-order valence-corrected chi connectivity index (χ1v) is 12.9. The zero-order valence-electron chi connectivity index (χ0n) is 21.8. The number of carbonyl (C=O) groups is 2. The summed E-state index contributed by atoms with van der Waals surface area (Å²) in [5.74, 6) is -0.337. The second kappa shape index (κ2) is 17.4. The highest BCUT2D eigenvalue weighted by atomic mass is 16.5. The van der Waals surface area contributed by atoms with Gasteiger partial charge in [0, 0.05) is 13.2 Å². The van der Waals surface area contributed by atoms with Crippen LogP contribution in [0.1, 0.15) is 57.5 Å². The smallest absolute Gasteiger partial charge is 0.338 e. The Morgan fingerprint density at radius 3 is 1.59 bits per heavy atom. The lowest BCUT2D eigenvalue weighted by molar-refractivity contribution is 0.00445. The fourth-order valence-corrected chi connectivity index (χ4v) is 4.22. The molecule has 1 fully saturated rings.